The van der Waals surface area contributed by atoms with Gasteiger partial charge in [0.05, 0.1) is 17.9 Å². The molecule has 1 aliphatic rings. The fourth-order valence-electron chi connectivity index (χ4n) is 9.26. The van der Waals surface area contributed by atoms with E-state index in [0.717, 1.165) is 6.92 Å². The summed E-state index contributed by atoms with van der Waals surface area (Å²) in [6, 6.07) is 2.75. The Hall–Kier alpha value is -8.23. The maximum Gasteiger partial charge on any atom is 0.252 e. The molecule has 30 nitrogen and oxygen atoms in total. The lowest BCUT2D eigenvalue weighted by Crippen LogP contribution is -2.63. The molecule has 1 fully saturated rings. The number of halogens is 1. The predicted octanol–water partition coefficient (Wildman–Crippen LogP) is -5.21. The molecule has 2 heterocycles. The average Bonchev–Trinajstić information content (AvgIpc) is 2.30. The highest BCUT2D eigenvalue weighted by Gasteiger charge is 2.38. The molecule has 0 spiro atoms. The number of hydrogen-bond donors (Lipinski definition) is 18. The van der Waals surface area contributed by atoms with Gasteiger partial charge in [-0.25, -0.2) is 0 Å². The van der Waals surface area contributed by atoms with Gasteiger partial charge in [-0.3, -0.25) is 57.7 Å². The first kappa shape index (κ1) is 73.2. The third-order valence-electron chi connectivity index (χ3n) is 14.6. The molecule has 1 saturated heterocycles. The van der Waals surface area contributed by atoms with Crippen LogP contribution < -0.4 is 87.2 Å². The third kappa shape index (κ3) is 22.7. The smallest absolute Gasteiger partial charge is 0.252 e. The first-order valence-corrected chi connectivity index (χ1v) is 29.7. The number of carbonyl (C=O) groups excluding carboxylic acids is 11. The number of nitrogens with two attached hydrogens (primary N) is 5. The minimum atomic E-state index is -1.79. The molecule has 0 bridgehead atoms. The minimum absolute atomic E-state index is 0.106. The summed E-state index contributed by atoms with van der Waals surface area (Å²) in [5.41, 5.74) is 31.2. The molecule has 11 amide bonds. The van der Waals surface area contributed by atoms with E-state index in [1.54, 1.807) is 68.4 Å². The molecule has 4 rings (SSSR count). The van der Waals surface area contributed by atoms with E-state index in [-0.39, 0.29) is 63.8 Å². The van der Waals surface area contributed by atoms with Crippen LogP contribution in [-0.4, -0.2) is 192 Å². The van der Waals surface area contributed by atoms with E-state index in [0.29, 0.717) is 28.3 Å². The van der Waals surface area contributed by atoms with Gasteiger partial charge in [0.15, 0.2) is 0 Å². The van der Waals surface area contributed by atoms with Crippen molar-refractivity contribution < 1.29 is 63.0 Å². The molecule has 2 aromatic carbocycles. The van der Waals surface area contributed by atoms with Crippen LogP contribution in [0.2, 0.25) is 5.02 Å². The van der Waals surface area contributed by atoms with Gasteiger partial charge in [0.2, 0.25) is 59.1 Å². The highest BCUT2D eigenvalue weighted by molar-refractivity contribution is 6.30. The van der Waals surface area contributed by atoms with Crippen molar-refractivity contribution in [3.63, 3.8) is 0 Å². The number of aliphatic hydroxyl groups excluding tert-OH is 2. The highest BCUT2D eigenvalue weighted by Crippen LogP contribution is 2.22. The Morgan fingerprint density at radius 2 is 1.19 bits per heavy atom. The van der Waals surface area contributed by atoms with Gasteiger partial charge in [-0.2, -0.15) is 0 Å². The van der Waals surface area contributed by atoms with Crippen LogP contribution in [-0.2, 0) is 54.4 Å². The van der Waals surface area contributed by atoms with Crippen LogP contribution in [0.1, 0.15) is 82.1 Å². The fourth-order valence-corrected chi connectivity index (χ4v) is 9.45. The Balaban J connectivity index is 1.68. The summed E-state index contributed by atoms with van der Waals surface area (Å²) in [6.45, 7) is 4.01. The van der Waals surface area contributed by atoms with Crippen molar-refractivity contribution in [1.82, 2.24) is 63.5 Å². The standard InChI is InChI=1S/C58H86ClN17O13/c1-5-30(2)45-57(88)71-38(15-21-61)49(80)69-40(17-23-63)53(84)75-46(31(3)77)56(87)66-25-19-41(51(82)68-37(14-20-60)50(81)72-43(54(85)74-45)26-33-10-7-6-8-11-33)70-55(86)44(29-64)73-58(89)47(32(4)78)76-52(83)39(16-22-62)67-48(79)35-18-24-65-42(28-35)34-12-9-13-36(59)27-34/h6-13,18,24,27-28,30-32,37-41,43-47,77-78H,5,14-17,19-23,25-26,29,60-64H2,1-4H3,(H,66,87)(H,67,79)(H,68,82)(H,69,80)(H,70,86)(H,71,88)(H,72,81)(H,73,89)(H,74,85)(H,75,84)(H,76,83)/t30-,31+,32+,37-,38-,39-,40-,41-,43+,44-,45-,46-,47-/m0/s1. The summed E-state index contributed by atoms with van der Waals surface area (Å²) >= 11 is 6.16. The molecule has 0 unspecified atom stereocenters. The summed E-state index contributed by atoms with van der Waals surface area (Å²) in [7, 11) is 0. The number of amides is 11. The van der Waals surface area contributed by atoms with Crippen LogP contribution in [0.5, 0.6) is 0 Å². The van der Waals surface area contributed by atoms with Gasteiger partial charge in [0.1, 0.15) is 60.4 Å². The second-order valence-electron chi connectivity index (χ2n) is 21.5. The van der Waals surface area contributed by atoms with E-state index in [1.807, 2.05) is 0 Å². The predicted molar refractivity (Wildman–Crippen MR) is 328 cm³/mol. The number of hydrogen-bond acceptors (Lipinski definition) is 19. The molecule has 89 heavy (non-hydrogen) atoms. The number of pyridine rings is 1. The maximum absolute atomic E-state index is 14.5. The van der Waals surface area contributed by atoms with E-state index in [2.05, 4.69) is 63.5 Å². The Kier molecular flexibility index (Phi) is 30.4. The van der Waals surface area contributed by atoms with Crippen LogP contribution >= 0.6 is 11.6 Å². The Morgan fingerprint density at radius 1 is 0.618 bits per heavy atom. The first-order chi connectivity index (χ1) is 42.4. The van der Waals surface area contributed by atoms with Crippen LogP contribution in [0.15, 0.2) is 72.9 Å². The molecular weight excluding hydrogens is 1180 g/mol. The monoisotopic (exact) mass is 1260 g/mol. The van der Waals surface area contributed by atoms with Crippen LogP contribution in [0.3, 0.4) is 0 Å². The zero-order valence-corrected chi connectivity index (χ0v) is 51.0. The molecular formula is C58H86ClN17O13. The van der Waals surface area contributed by atoms with Crippen molar-refractivity contribution >= 4 is 76.6 Å². The fraction of sp³-hybridized carbons (Fsp3) is 0.517. The normalized spacial score (nSPS) is 22.2. The highest BCUT2D eigenvalue weighted by atomic mass is 35.5. The van der Waals surface area contributed by atoms with Crippen molar-refractivity contribution in [3.05, 3.63) is 89.1 Å². The molecule has 1 aromatic heterocycles. The molecule has 23 N–H and O–H groups in total. The van der Waals surface area contributed by atoms with E-state index < -0.39 is 163 Å². The van der Waals surface area contributed by atoms with Gasteiger partial charge in [-0.1, -0.05) is 74.3 Å². The van der Waals surface area contributed by atoms with Gasteiger partial charge in [-0.05, 0) is 108 Å². The van der Waals surface area contributed by atoms with Crippen molar-refractivity contribution in [1.29, 1.82) is 0 Å². The molecule has 488 valence electrons. The molecule has 1 aliphatic heterocycles. The first-order valence-electron chi connectivity index (χ1n) is 29.3. The summed E-state index contributed by atoms with van der Waals surface area (Å²) < 4.78 is 0. The third-order valence-corrected chi connectivity index (χ3v) is 14.8. The van der Waals surface area contributed by atoms with Gasteiger partial charge >= 0.3 is 0 Å². The van der Waals surface area contributed by atoms with Gasteiger partial charge in [-0.15, -0.1) is 0 Å². The number of rotatable bonds is 24. The van der Waals surface area contributed by atoms with Crippen LogP contribution in [0.25, 0.3) is 11.3 Å². The van der Waals surface area contributed by atoms with E-state index >= 15 is 0 Å². The van der Waals surface area contributed by atoms with Crippen LogP contribution in [0, 0.1) is 5.92 Å². The second-order valence-corrected chi connectivity index (χ2v) is 21.9. The van der Waals surface area contributed by atoms with Gasteiger partial charge in [0, 0.05) is 41.9 Å². The Morgan fingerprint density at radius 3 is 1.75 bits per heavy atom. The molecule has 3 aromatic rings. The zero-order valence-electron chi connectivity index (χ0n) is 50.2. The summed E-state index contributed by atoms with van der Waals surface area (Å²) in [4.78, 5) is 159. The number of nitrogens with one attached hydrogen (secondary N) is 11. The summed E-state index contributed by atoms with van der Waals surface area (Å²) in [6.07, 6.45) is -2.86. The van der Waals surface area contributed by atoms with Crippen molar-refractivity contribution in [2.24, 2.45) is 34.6 Å². The lowest BCUT2D eigenvalue weighted by atomic mass is 9.96. The molecule has 0 saturated carbocycles. The molecule has 0 aliphatic carbocycles. The van der Waals surface area contributed by atoms with Crippen LogP contribution in [0.4, 0.5) is 0 Å². The van der Waals surface area contributed by atoms with Gasteiger partial charge < -0.3 is 97.4 Å². The number of aliphatic hydroxyl groups is 2. The molecule has 0 radical (unpaired) electrons. The SMILES string of the molecule is CC[C@H](C)[C@@H]1NC(=O)[C@@H](Cc2ccccc2)NC(=O)[C@H](CCN)NC(=O)[C@@H](NC(=O)[C@H](CN)NC(=O)[C@@H](NC(=O)[C@H](CCN)NC(=O)c2ccnc(-c3cccc(Cl)c3)c2)[C@@H](C)O)CCNC(=O)[C@H]([C@@H](C)O)NC(=O)[C@H](CCN)NC(=O)[C@H](CCN)NC1=O. The number of carbonyl (C=O) groups is 11. The largest absolute Gasteiger partial charge is 0.391 e. The lowest BCUT2D eigenvalue weighted by molar-refractivity contribution is -0.136. The Bertz CT molecular complexity index is 2910. The number of aromatic nitrogens is 1. The molecule has 31 heteroatoms. The summed E-state index contributed by atoms with van der Waals surface area (Å²) in [5, 5.41) is 49.8. The van der Waals surface area contributed by atoms with E-state index in [4.69, 9.17) is 40.3 Å². The summed E-state index contributed by atoms with van der Waals surface area (Å²) in [5.74, 6) is -11.0. The molecule has 13 atom stereocenters. The minimum Gasteiger partial charge on any atom is -0.391 e. The topological polar surface area (TPSA) is 504 Å². The van der Waals surface area contributed by atoms with Crippen molar-refractivity contribution in [2.75, 3.05) is 39.3 Å². The Labute approximate surface area is 520 Å². The second kappa shape index (κ2) is 36.9. The van der Waals surface area contributed by atoms with E-state index in [9.17, 15) is 63.0 Å². The number of nitrogens with zero attached hydrogens (tertiary/aromatic N) is 1. The maximum atomic E-state index is 14.5. The lowest BCUT2D eigenvalue weighted by Gasteiger charge is -2.30. The number of benzene rings is 2. The van der Waals surface area contributed by atoms with Gasteiger partial charge in [0.25, 0.3) is 5.91 Å². The van der Waals surface area contributed by atoms with Crippen molar-refractivity contribution in [2.45, 2.75) is 145 Å². The van der Waals surface area contributed by atoms with E-state index in [1.165, 1.54) is 25.3 Å². The average molecular weight is 1260 g/mol. The zero-order chi connectivity index (χ0) is 65.9. The van der Waals surface area contributed by atoms with Crippen molar-refractivity contribution in [3.8, 4) is 11.3 Å². The quantitative estimate of drug-likeness (QED) is 0.0399.